The molecule has 1 saturated carbocycles. The van der Waals surface area contributed by atoms with Gasteiger partial charge in [0.15, 0.2) is 0 Å². The number of fused-ring (bicyclic) bond motifs is 1. The topological polar surface area (TPSA) is 44.5 Å². The molecule has 1 aromatic rings. The van der Waals surface area contributed by atoms with Crippen LogP contribution >= 0.6 is 0 Å². The van der Waals surface area contributed by atoms with E-state index in [1.165, 1.54) is 30.4 Å². The van der Waals surface area contributed by atoms with Gasteiger partial charge in [0, 0.05) is 12.6 Å². The summed E-state index contributed by atoms with van der Waals surface area (Å²) in [6.45, 7) is 1.66. The average molecular weight is 287 g/mol. The Balaban J connectivity index is 1.53. The van der Waals surface area contributed by atoms with Gasteiger partial charge in [0.1, 0.15) is 0 Å². The molecule has 3 unspecified atom stereocenters. The fourth-order valence-electron chi connectivity index (χ4n) is 4.30. The van der Waals surface area contributed by atoms with E-state index in [2.05, 4.69) is 24.3 Å². The third-order valence-electron chi connectivity index (χ3n) is 5.72. The predicted octanol–water partition coefficient (Wildman–Crippen LogP) is 2.98. The summed E-state index contributed by atoms with van der Waals surface area (Å²) < 4.78 is 12.1. The summed E-state index contributed by atoms with van der Waals surface area (Å²) in [5, 5.41) is 0. The normalized spacial score (nSPS) is 32.2. The first kappa shape index (κ1) is 13.7. The highest BCUT2D eigenvalue weighted by atomic mass is 16.5. The molecule has 1 aromatic carbocycles. The number of hydrogen-bond donors (Lipinski definition) is 1. The number of hydrogen-bond acceptors (Lipinski definition) is 3. The van der Waals surface area contributed by atoms with E-state index >= 15 is 0 Å². The van der Waals surface area contributed by atoms with E-state index in [4.69, 9.17) is 15.2 Å². The largest absolute Gasteiger partial charge is 0.375 e. The van der Waals surface area contributed by atoms with Crippen LogP contribution in [0.1, 0.15) is 49.3 Å². The zero-order valence-corrected chi connectivity index (χ0v) is 12.6. The summed E-state index contributed by atoms with van der Waals surface area (Å²) in [5.41, 5.74) is 9.54. The van der Waals surface area contributed by atoms with Crippen molar-refractivity contribution in [1.29, 1.82) is 0 Å². The molecule has 2 aliphatic heterocycles. The van der Waals surface area contributed by atoms with Crippen LogP contribution in [0, 0.1) is 5.92 Å². The zero-order chi connectivity index (χ0) is 14.3. The Bertz CT molecular complexity index is 512. The first-order valence-corrected chi connectivity index (χ1v) is 8.36. The molecular weight excluding hydrogens is 262 g/mol. The molecule has 3 heteroatoms. The van der Waals surface area contributed by atoms with Crippen molar-refractivity contribution in [2.24, 2.45) is 11.7 Å². The van der Waals surface area contributed by atoms with Crippen molar-refractivity contribution in [2.45, 2.75) is 56.3 Å². The van der Waals surface area contributed by atoms with Crippen LogP contribution in [0.5, 0.6) is 0 Å². The van der Waals surface area contributed by atoms with Gasteiger partial charge in [0.05, 0.1) is 18.3 Å². The SMILES string of the molecule is NC(C1CCOC2(CCC2)C1)C1OCCc2ccccc21. The minimum atomic E-state index is 0.0650. The Morgan fingerprint density at radius 1 is 1.19 bits per heavy atom. The molecule has 2 heterocycles. The summed E-state index contributed by atoms with van der Waals surface area (Å²) in [7, 11) is 0. The van der Waals surface area contributed by atoms with E-state index in [-0.39, 0.29) is 17.7 Å². The van der Waals surface area contributed by atoms with Gasteiger partial charge in [-0.1, -0.05) is 24.3 Å². The van der Waals surface area contributed by atoms with Crippen molar-refractivity contribution in [2.75, 3.05) is 13.2 Å². The number of nitrogens with two attached hydrogens (primary N) is 1. The first-order chi connectivity index (χ1) is 10.3. The molecule has 3 nitrogen and oxygen atoms in total. The molecule has 2 fully saturated rings. The third-order valence-corrected chi connectivity index (χ3v) is 5.72. The molecule has 1 aliphatic carbocycles. The van der Waals surface area contributed by atoms with Crippen molar-refractivity contribution in [3.63, 3.8) is 0 Å². The average Bonchev–Trinajstić information content (AvgIpc) is 2.52. The standard InChI is InChI=1S/C18H25NO2/c19-16(14-7-11-21-18(12-14)8-3-9-18)17-15-5-2-1-4-13(15)6-10-20-17/h1-2,4-5,14,16-17H,3,6-12,19H2. The predicted molar refractivity (Wildman–Crippen MR) is 82.1 cm³/mol. The molecule has 4 rings (SSSR count). The fraction of sp³-hybridized carbons (Fsp3) is 0.667. The van der Waals surface area contributed by atoms with Crippen LogP contribution < -0.4 is 5.73 Å². The molecule has 1 spiro atoms. The van der Waals surface area contributed by atoms with Crippen molar-refractivity contribution < 1.29 is 9.47 Å². The lowest BCUT2D eigenvalue weighted by Gasteiger charge is -2.49. The van der Waals surface area contributed by atoms with Gasteiger partial charge < -0.3 is 15.2 Å². The Morgan fingerprint density at radius 3 is 2.86 bits per heavy atom. The Morgan fingerprint density at radius 2 is 2.05 bits per heavy atom. The van der Waals surface area contributed by atoms with E-state index in [9.17, 15) is 0 Å². The Labute approximate surface area is 126 Å². The second-order valence-electron chi connectivity index (χ2n) is 6.96. The number of rotatable bonds is 2. The van der Waals surface area contributed by atoms with E-state index < -0.39 is 0 Å². The van der Waals surface area contributed by atoms with Crippen LogP contribution in [-0.2, 0) is 15.9 Å². The van der Waals surface area contributed by atoms with Crippen LogP contribution in [0.4, 0.5) is 0 Å². The van der Waals surface area contributed by atoms with Crippen molar-refractivity contribution in [1.82, 2.24) is 0 Å². The van der Waals surface area contributed by atoms with E-state index in [0.717, 1.165) is 32.5 Å². The molecule has 3 atom stereocenters. The van der Waals surface area contributed by atoms with Gasteiger partial charge in [-0.2, -0.15) is 0 Å². The van der Waals surface area contributed by atoms with Crippen molar-refractivity contribution in [3.05, 3.63) is 35.4 Å². The second kappa shape index (κ2) is 5.38. The summed E-state index contributed by atoms with van der Waals surface area (Å²) in [4.78, 5) is 0. The lowest BCUT2D eigenvalue weighted by atomic mass is 9.69. The molecule has 114 valence electrons. The van der Waals surface area contributed by atoms with E-state index in [1.54, 1.807) is 0 Å². The van der Waals surface area contributed by atoms with Crippen LogP contribution in [-0.4, -0.2) is 24.9 Å². The van der Waals surface area contributed by atoms with Crippen LogP contribution in [0.15, 0.2) is 24.3 Å². The maximum Gasteiger partial charge on any atom is 0.0981 e. The molecule has 0 bridgehead atoms. The van der Waals surface area contributed by atoms with Crippen LogP contribution in [0.2, 0.25) is 0 Å². The zero-order valence-electron chi connectivity index (χ0n) is 12.6. The van der Waals surface area contributed by atoms with Crippen LogP contribution in [0.25, 0.3) is 0 Å². The van der Waals surface area contributed by atoms with Gasteiger partial charge in [0.25, 0.3) is 0 Å². The fourth-order valence-corrected chi connectivity index (χ4v) is 4.30. The van der Waals surface area contributed by atoms with E-state index in [1.807, 2.05) is 0 Å². The van der Waals surface area contributed by atoms with Gasteiger partial charge >= 0.3 is 0 Å². The minimum absolute atomic E-state index is 0.0650. The molecule has 0 aromatic heterocycles. The molecule has 0 radical (unpaired) electrons. The lowest BCUT2D eigenvalue weighted by Crippen LogP contribution is -2.51. The van der Waals surface area contributed by atoms with Gasteiger partial charge in [0.2, 0.25) is 0 Å². The quantitative estimate of drug-likeness (QED) is 0.909. The Hall–Kier alpha value is -0.900. The lowest BCUT2D eigenvalue weighted by molar-refractivity contribution is -0.151. The molecule has 0 amide bonds. The smallest absolute Gasteiger partial charge is 0.0981 e. The Kier molecular flexibility index (Phi) is 3.52. The minimum Gasteiger partial charge on any atom is -0.375 e. The van der Waals surface area contributed by atoms with Gasteiger partial charge in [-0.25, -0.2) is 0 Å². The third kappa shape index (κ3) is 2.41. The second-order valence-corrected chi connectivity index (χ2v) is 6.96. The van der Waals surface area contributed by atoms with Gasteiger partial charge in [-0.05, 0) is 55.6 Å². The van der Waals surface area contributed by atoms with Crippen molar-refractivity contribution >= 4 is 0 Å². The van der Waals surface area contributed by atoms with E-state index in [0.29, 0.717) is 5.92 Å². The number of ether oxygens (including phenoxy) is 2. The molecule has 21 heavy (non-hydrogen) atoms. The maximum absolute atomic E-state index is 6.66. The highest BCUT2D eigenvalue weighted by Crippen LogP contribution is 2.46. The van der Waals surface area contributed by atoms with Crippen molar-refractivity contribution in [3.8, 4) is 0 Å². The summed E-state index contributed by atoms with van der Waals surface area (Å²) in [5.74, 6) is 0.523. The molecule has 2 N–H and O–H groups in total. The maximum atomic E-state index is 6.66. The summed E-state index contributed by atoms with van der Waals surface area (Å²) in [6, 6.07) is 8.72. The number of benzene rings is 1. The van der Waals surface area contributed by atoms with Gasteiger partial charge in [-0.15, -0.1) is 0 Å². The monoisotopic (exact) mass is 287 g/mol. The molecular formula is C18H25NO2. The summed E-state index contributed by atoms with van der Waals surface area (Å²) in [6.07, 6.45) is 7.02. The molecule has 1 saturated heterocycles. The molecule has 3 aliphatic rings. The van der Waals surface area contributed by atoms with Crippen LogP contribution in [0.3, 0.4) is 0 Å². The highest BCUT2D eigenvalue weighted by molar-refractivity contribution is 5.32. The summed E-state index contributed by atoms with van der Waals surface area (Å²) >= 11 is 0. The first-order valence-electron chi connectivity index (χ1n) is 8.36. The van der Waals surface area contributed by atoms with Gasteiger partial charge in [-0.3, -0.25) is 0 Å². The highest BCUT2D eigenvalue weighted by Gasteiger charge is 2.45.